The first kappa shape index (κ1) is 16.1. The van der Waals surface area contributed by atoms with E-state index < -0.39 is 0 Å². The van der Waals surface area contributed by atoms with Gasteiger partial charge < -0.3 is 14.6 Å². The first-order valence-corrected chi connectivity index (χ1v) is 8.99. The topological polar surface area (TPSA) is 77.2 Å². The third-order valence-electron chi connectivity index (χ3n) is 5.17. The summed E-state index contributed by atoms with van der Waals surface area (Å²) in [5.41, 5.74) is 1.17. The van der Waals surface area contributed by atoms with Crippen LogP contribution >= 0.6 is 0 Å². The molecule has 1 N–H and O–H groups in total. The van der Waals surface area contributed by atoms with E-state index in [2.05, 4.69) is 21.5 Å². The first-order valence-electron chi connectivity index (χ1n) is 8.99. The summed E-state index contributed by atoms with van der Waals surface area (Å²) >= 11 is 0. The second-order valence-electron chi connectivity index (χ2n) is 6.97. The Labute approximate surface area is 147 Å². The highest BCUT2D eigenvalue weighted by molar-refractivity contribution is 5.78. The lowest BCUT2D eigenvalue weighted by atomic mass is 10.1. The molecule has 1 amide bonds. The van der Waals surface area contributed by atoms with Gasteiger partial charge in [-0.15, -0.1) is 0 Å². The summed E-state index contributed by atoms with van der Waals surface area (Å²) in [4.78, 5) is 16.5. The first-order chi connectivity index (χ1) is 12.2. The van der Waals surface area contributed by atoms with Crippen LogP contribution in [-0.2, 0) is 11.2 Å². The molecule has 132 valence electrons. The molecule has 2 saturated carbocycles. The van der Waals surface area contributed by atoms with Gasteiger partial charge in [-0.05, 0) is 36.8 Å². The second-order valence-corrected chi connectivity index (χ2v) is 6.97. The van der Waals surface area contributed by atoms with Gasteiger partial charge in [0.15, 0.2) is 5.82 Å². The maximum atomic E-state index is 12.1. The molecule has 0 unspecified atom stereocenters. The molecule has 0 aliphatic heterocycles. The summed E-state index contributed by atoms with van der Waals surface area (Å²) in [5, 5.41) is 7.04. The highest BCUT2D eigenvalue weighted by atomic mass is 16.5. The Morgan fingerprint density at radius 3 is 2.88 bits per heavy atom. The van der Waals surface area contributed by atoms with E-state index in [1.54, 1.807) is 7.11 Å². The van der Waals surface area contributed by atoms with E-state index >= 15 is 0 Å². The lowest BCUT2D eigenvalue weighted by Gasteiger charge is -2.10. The van der Waals surface area contributed by atoms with E-state index in [0.29, 0.717) is 23.7 Å². The van der Waals surface area contributed by atoms with Gasteiger partial charge in [0.2, 0.25) is 11.8 Å². The summed E-state index contributed by atoms with van der Waals surface area (Å²) in [5.74, 6) is 2.53. The van der Waals surface area contributed by atoms with E-state index in [1.165, 1.54) is 18.4 Å². The second kappa shape index (κ2) is 6.86. The fourth-order valence-corrected chi connectivity index (χ4v) is 3.77. The Balaban J connectivity index is 1.36. The van der Waals surface area contributed by atoms with Crippen molar-refractivity contribution in [1.29, 1.82) is 0 Å². The molecule has 2 fully saturated rings. The zero-order valence-electron chi connectivity index (χ0n) is 14.4. The SMILES string of the molecule is COc1ccccc1[C@@H]1C[C@@H]1c1nc(CC(=O)NC2CCCC2)no1. The van der Waals surface area contributed by atoms with Crippen molar-refractivity contribution in [3.63, 3.8) is 0 Å². The maximum absolute atomic E-state index is 12.1. The number of nitrogens with one attached hydrogen (secondary N) is 1. The van der Waals surface area contributed by atoms with Gasteiger partial charge in [-0.2, -0.15) is 4.98 Å². The molecule has 2 aliphatic carbocycles. The van der Waals surface area contributed by atoms with Gasteiger partial charge in [0, 0.05) is 12.0 Å². The van der Waals surface area contributed by atoms with Crippen molar-refractivity contribution in [2.75, 3.05) is 7.11 Å². The average Bonchev–Trinajstić information content (AvgIpc) is 3.00. The minimum absolute atomic E-state index is 0.0173. The van der Waals surface area contributed by atoms with E-state index in [9.17, 15) is 4.79 Å². The summed E-state index contributed by atoms with van der Waals surface area (Å²) < 4.78 is 10.8. The molecule has 1 aromatic heterocycles. The zero-order chi connectivity index (χ0) is 17.2. The van der Waals surface area contributed by atoms with Crippen molar-refractivity contribution in [3.8, 4) is 5.75 Å². The highest BCUT2D eigenvalue weighted by Crippen LogP contribution is 2.56. The Bertz CT molecular complexity index is 752. The molecule has 1 heterocycles. The predicted molar refractivity (Wildman–Crippen MR) is 91.5 cm³/mol. The Kier molecular flexibility index (Phi) is 4.42. The Hall–Kier alpha value is -2.37. The monoisotopic (exact) mass is 341 g/mol. The molecule has 2 aliphatic rings. The molecular formula is C19H23N3O3. The quantitative estimate of drug-likeness (QED) is 0.874. The van der Waals surface area contributed by atoms with E-state index in [1.807, 2.05) is 18.2 Å². The standard InChI is InChI=1S/C19H23N3O3/c1-24-16-9-5-4-8-13(16)14-10-15(14)19-21-17(22-25-19)11-18(23)20-12-6-2-3-7-12/h4-5,8-9,12,14-15H,2-3,6-7,10-11H2,1H3,(H,20,23)/t14-,15-/m0/s1. The largest absolute Gasteiger partial charge is 0.496 e. The summed E-state index contributed by atoms with van der Waals surface area (Å²) in [6.45, 7) is 0. The van der Waals surface area contributed by atoms with Crippen molar-refractivity contribution < 1.29 is 14.1 Å². The molecule has 6 nitrogen and oxygen atoms in total. The normalized spacial score (nSPS) is 22.8. The lowest BCUT2D eigenvalue weighted by Crippen LogP contribution is -2.33. The summed E-state index contributed by atoms with van der Waals surface area (Å²) in [7, 11) is 1.68. The van der Waals surface area contributed by atoms with Gasteiger partial charge in [-0.3, -0.25) is 4.79 Å². The number of hydrogen-bond donors (Lipinski definition) is 1. The van der Waals surface area contributed by atoms with Gasteiger partial charge in [0.05, 0.1) is 13.5 Å². The maximum Gasteiger partial charge on any atom is 0.230 e. The van der Waals surface area contributed by atoms with Crippen molar-refractivity contribution in [2.45, 2.75) is 56.4 Å². The number of methoxy groups -OCH3 is 1. The number of rotatable bonds is 6. The van der Waals surface area contributed by atoms with Gasteiger partial charge in [-0.1, -0.05) is 36.2 Å². The number of para-hydroxylation sites is 1. The van der Waals surface area contributed by atoms with Crippen molar-refractivity contribution in [1.82, 2.24) is 15.5 Å². The molecule has 2 atom stereocenters. The number of nitrogens with zero attached hydrogens (tertiary/aromatic N) is 2. The van der Waals surface area contributed by atoms with Crippen LogP contribution in [0.3, 0.4) is 0 Å². The molecule has 6 heteroatoms. The molecule has 0 saturated heterocycles. The molecule has 0 radical (unpaired) electrons. The van der Waals surface area contributed by atoms with Crippen LogP contribution in [0, 0.1) is 0 Å². The molecular weight excluding hydrogens is 318 g/mol. The fraction of sp³-hybridized carbons (Fsp3) is 0.526. The molecule has 1 aromatic carbocycles. The highest BCUT2D eigenvalue weighted by Gasteiger charge is 2.45. The molecule has 2 aromatic rings. The third kappa shape index (κ3) is 3.52. The van der Waals surface area contributed by atoms with Crippen LogP contribution in [0.25, 0.3) is 0 Å². The molecule has 4 rings (SSSR count). The van der Waals surface area contributed by atoms with Crippen LogP contribution in [-0.4, -0.2) is 29.2 Å². The fourth-order valence-electron chi connectivity index (χ4n) is 3.77. The number of hydrogen-bond acceptors (Lipinski definition) is 5. The molecule has 0 spiro atoms. The Morgan fingerprint density at radius 1 is 1.28 bits per heavy atom. The molecule has 25 heavy (non-hydrogen) atoms. The van der Waals surface area contributed by atoms with Crippen molar-refractivity contribution in [3.05, 3.63) is 41.5 Å². The van der Waals surface area contributed by atoms with Crippen LogP contribution in [0.5, 0.6) is 5.75 Å². The number of benzene rings is 1. The van der Waals surface area contributed by atoms with E-state index in [0.717, 1.165) is 25.0 Å². The van der Waals surface area contributed by atoms with E-state index in [-0.39, 0.29) is 18.2 Å². The number of carbonyl (C=O) groups excluding carboxylic acids is 1. The number of carbonyl (C=O) groups is 1. The van der Waals surface area contributed by atoms with E-state index in [4.69, 9.17) is 9.26 Å². The lowest BCUT2D eigenvalue weighted by molar-refractivity contribution is -0.121. The van der Waals surface area contributed by atoms with Gasteiger partial charge in [0.25, 0.3) is 0 Å². The minimum Gasteiger partial charge on any atom is -0.496 e. The van der Waals surface area contributed by atoms with Crippen molar-refractivity contribution in [2.24, 2.45) is 0 Å². The van der Waals surface area contributed by atoms with Crippen LogP contribution in [0.15, 0.2) is 28.8 Å². The predicted octanol–water partition coefficient (Wildman–Crippen LogP) is 2.95. The third-order valence-corrected chi connectivity index (χ3v) is 5.17. The van der Waals surface area contributed by atoms with Crippen LogP contribution in [0.4, 0.5) is 0 Å². The minimum atomic E-state index is -0.0173. The van der Waals surface area contributed by atoms with Crippen LogP contribution < -0.4 is 10.1 Å². The smallest absolute Gasteiger partial charge is 0.230 e. The van der Waals surface area contributed by atoms with Crippen LogP contribution in [0.2, 0.25) is 0 Å². The van der Waals surface area contributed by atoms with Gasteiger partial charge >= 0.3 is 0 Å². The van der Waals surface area contributed by atoms with Gasteiger partial charge in [-0.25, -0.2) is 0 Å². The Morgan fingerprint density at radius 2 is 2.08 bits per heavy atom. The van der Waals surface area contributed by atoms with Crippen LogP contribution in [0.1, 0.15) is 61.2 Å². The zero-order valence-corrected chi connectivity index (χ0v) is 14.4. The summed E-state index contributed by atoms with van der Waals surface area (Å²) in [6, 6.07) is 8.35. The number of amides is 1. The number of ether oxygens (including phenoxy) is 1. The average molecular weight is 341 g/mol. The van der Waals surface area contributed by atoms with Crippen molar-refractivity contribution >= 4 is 5.91 Å². The number of aromatic nitrogens is 2. The summed E-state index contributed by atoms with van der Waals surface area (Å²) in [6.07, 6.45) is 5.70. The van der Waals surface area contributed by atoms with Gasteiger partial charge in [0.1, 0.15) is 5.75 Å². The molecule has 0 bridgehead atoms.